The molecule has 0 unspecified atom stereocenters. The van der Waals surface area contributed by atoms with Crippen molar-refractivity contribution in [2.24, 2.45) is 0 Å². The van der Waals surface area contributed by atoms with Crippen molar-refractivity contribution in [2.75, 3.05) is 4.72 Å². The van der Waals surface area contributed by atoms with Crippen LogP contribution in [-0.2, 0) is 10.0 Å². The van der Waals surface area contributed by atoms with E-state index in [0.29, 0.717) is 4.47 Å². The molecular weight excluding hydrogens is 428 g/mol. The van der Waals surface area contributed by atoms with E-state index in [-0.39, 0.29) is 16.3 Å². The minimum atomic E-state index is -3.84. The summed E-state index contributed by atoms with van der Waals surface area (Å²) in [5.74, 6) is -1.24. The fourth-order valence-electron chi connectivity index (χ4n) is 1.51. The number of carboxylic acid groups (broad SMARTS) is 1. The number of hydrogen-bond donors (Lipinski definition) is 2. The summed E-state index contributed by atoms with van der Waals surface area (Å²) in [6.45, 7) is 0. The highest BCUT2D eigenvalue weighted by molar-refractivity contribution is 9.11. The van der Waals surface area contributed by atoms with Crippen molar-refractivity contribution in [1.82, 2.24) is 4.98 Å². The van der Waals surface area contributed by atoms with Crippen LogP contribution in [-0.4, -0.2) is 24.5 Å². The fraction of sp³-hybridized carbons (Fsp3) is 0. The first-order chi connectivity index (χ1) is 9.79. The number of aromatic nitrogens is 1. The molecule has 2 rings (SSSR count). The van der Waals surface area contributed by atoms with E-state index in [4.69, 9.17) is 5.11 Å². The van der Waals surface area contributed by atoms with Crippen LogP contribution in [0.5, 0.6) is 0 Å². The van der Waals surface area contributed by atoms with Gasteiger partial charge in [-0.1, -0.05) is 15.9 Å². The SMILES string of the molecule is O=C(O)c1cc(NS(=O)(=O)c2ccc(Br)cc2Br)ccn1. The molecule has 0 amide bonds. The second kappa shape index (κ2) is 6.12. The third-order valence-electron chi connectivity index (χ3n) is 2.41. The van der Waals surface area contributed by atoms with Crippen molar-refractivity contribution in [2.45, 2.75) is 4.90 Å². The van der Waals surface area contributed by atoms with Crippen LogP contribution in [0.2, 0.25) is 0 Å². The van der Waals surface area contributed by atoms with Gasteiger partial charge in [-0.05, 0) is 46.3 Å². The third kappa shape index (κ3) is 3.80. The summed E-state index contributed by atoms with van der Waals surface area (Å²) in [6, 6.07) is 7.14. The Kier molecular flexibility index (Phi) is 4.64. The van der Waals surface area contributed by atoms with Gasteiger partial charge in [-0.15, -0.1) is 0 Å². The van der Waals surface area contributed by atoms with Crippen LogP contribution < -0.4 is 4.72 Å². The van der Waals surface area contributed by atoms with E-state index in [1.165, 1.54) is 18.3 Å². The number of anilines is 1. The van der Waals surface area contributed by atoms with E-state index in [9.17, 15) is 13.2 Å². The number of pyridine rings is 1. The van der Waals surface area contributed by atoms with E-state index in [1.54, 1.807) is 12.1 Å². The summed E-state index contributed by atoms with van der Waals surface area (Å²) < 4.78 is 28.0. The molecular formula is C12H8Br2N2O4S. The first-order valence-corrected chi connectivity index (χ1v) is 8.54. The number of hydrogen-bond acceptors (Lipinski definition) is 4. The minimum absolute atomic E-state index is 0.0411. The number of carbonyl (C=O) groups is 1. The van der Waals surface area contributed by atoms with Crippen LogP contribution in [0.3, 0.4) is 0 Å². The normalized spacial score (nSPS) is 11.1. The molecule has 2 N–H and O–H groups in total. The molecule has 0 aliphatic heterocycles. The second-order valence-corrected chi connectivity index (χ2v) is 7.34. The van der Waals surface area contributed by atoms with Crippen molar-refractivity contribution in [3.05, 3.63) is 51.2 Å². The lowest BCUT2D eigenvalue weighted by atomic mass is 10.3. The lowest BCUT2D eigenvalue weighted by Gasteiger charge is -2.10. The number of aromatic carboxylic acids is 1. The fourth-order valence-corrected chi connectivity index (χ4v) is 4.31. The van der Waals surface area contributed by atoms with Crippen LogP contribution in [0, 0.1) is 0 Å². The van der Waals surface area contributed by atoms with Crippen molar-refractivity contribution < 1.29 is 18.3 Å². The maximum atomic E-state index is 12.3. The Labute approximate surface area is 137 Å². The zero-order chi connectivity index (χ0) is 15.6. The summed E-state index contributed by atoms with van der Waals surface area (Å²) in [6.07, 6.45) is 1.22. The van der Waals surface area contributed by atoms with Crippen LogP contribution in [0.4, 0.5) is 5.69 Å². The van der Waals surface area contributed by atoms with Gasteiger partial charge in [0.2, 0.25) is 0 Å². The van der Waals surface area contributed by atoms with E-state index >= 15 is 0 Å². The molecule has 0 saturated carbocycles. The van der Waals surface area contributed by atoms with E-state index in [2.05, 4.69) is 41.6 Å². The topological polar surface area (TPSA) is 96.4 Å². The lowest BCUT2D eigenvalue weighted by molar-refractivity contribution is 0.0690. The minimum Gasteiger partial charge on any atom is -0.477 e. The molecule has 0 aliphatic carbocycles. The van der Waals surface area contributed by atoms with Crippen LogP contribution >= 0.6 is 31.9 Å². The molecule has 21 heavy (non-hydrogen) atoms. The molecule has 6 nitrogen and oxygen atoms in total. The van der Waals surface area contributed by atoms with Gasteiger partial charge in [0.1, 0.15) is 10.6 Å². The van der Waals surface area contributed by atoms with Crippen molar-refractivity contribution in [3.63, 3.8) is 0 Å². The van der Waals surface area contributed by atoms with Crippen molar-refractivity contribution in [1.29, 1.82) is 0 Å². The summed E-state index contributed by atoms with van der Waals surface area (Å²) in [5, 5.41) is 8.85. The van der Waals surface area contributed by atoms with Gasteiger partial charge in [0.05, 0.1) is 5.69 Å². The summed E-state index contributed by atoms with van der Waals surface area (Å²) in [4.78, 5) is 14.5. The highest BCUT2D eigenvalue weighted by atomic mass is 79.9. The zero-order valence-electron chi connectivity index (χ0n) is 10.2. The quantitative estimate of drug-likeness (QED) is 0.768. The first kappa shape index (κ1) is 15.9. The van der Waals surface area contributed by atoms with Crippen molar-refractivity contribution >= 4 is 53.5 Å². The number of rotatable bonds is 4. The number of carboxylic acids is 1. The maximum Gasteiger partial charge on any atom is 0.354 e. The Bertz CT molecular complexity index is 809. The van der Waals surface area contributed by atoms with E-state index in [0.717, 1.165) is 10.5 Å². The number of halogens is 2. The number of nitrogens with one attached hydrogen (secondary N) is 1. The molecule has 0 saturated heterocycles. The van der Waals surface area contributed by atoms with Crippen LogP contribution in [0.1, 0.15) is 10.5 Å². The predicted octanol–water partition coefficient (Wildman–Crippen LogP) is 3.11. The van der Waals surface area contributed by atoms with Gasteiger partial charge >= 0.3 is 5.97 Å². The van der Waals surface area contributed by atoms with E-state index in [1.807, 2.05) is 0 Å². The van der Waals surface area contributed by atoms with Crippen LogP contribution in [0.25, 0.3) is 0 Å². The molecule has 0 spiro atoms. The van der Waals surface area contributed by atoms with Gasteiger partial charge in [-0.3, -0.25) is 4.72 Å². The smallest absolute Gasteiger partial charge is 0.354 e. The Balaban J connectivity index is 2.37. The molecule has 0 atom stereocenters. The maximum absolute atomic E-state index is 12.3. The van der Waals surface area contributed by atoms with E-state index < -0.39 is 16.0 Å². The average Bonchev–Trinajstić information content (AvgIpc) is 2.37. The molecule has 1 aromatic heterocycles. The molecule has 110 valence electrons. The number of benzene rings is 1. The Morgan fingerprint density at radius 1 is 1.19 bits per heavy atom. The van der Waals surface area contributed by atoms with Crippen LogP contribution in [0.15, 0.2) is 50.4 Å². The van der Waals surface area contributed by atoms with Crippen molar-refractivity contribution in [3.8, 4) is 0 Å². The predicted molar refractivity (Wildman–Crippen MR) is 83.8 cm³/mol. The highest BCUT2D eigenvalue weighted by Gasteiger charge is 2.18. The highest BCUT2D eigenvalue weighted by Crippen LogP contribution is 2.27. The standard InChI is InChI=1S/C12H8Br2N2O4S/c13-7-1-2-11(9(14)5-7)21(19,20)16-8-3-4-15-10(6-8)12(17)18/h1-6H,(H,15,16)(H,17,18). The number of nitrogens with zero attached hydrogens (tertiary/aromatic N) is 1. The molecule has 2 aromatic rings. The van der Waals surface area contributed by atoms with Gasteiger partial charge < -0.3 is 5.11 Å². The summed E-state index contributed by atoms with van der Waals surface area (Å²) >= 11 is 6.41. The Morgan fingerprint density at radius 2 is 1.90 bits per heavy atom. The van der Waals surface area contributed by atoms with Gasteiger partial charge in [0.15, 0.2) is 0 Å². The molecule has 0 radical (unpaired) electrons. The third-order valence-corrected chi connectivity index (χ3v) is 5.27. The molecule has 0 fully saturated rings. The zero-order valence-corrected chi connectivity index (χ0v) is 14.2. The Hall–Kier alpha value is -1.45. The van der Waals surface area contributed by atoms with Gasteiger partial charge in [0, 0.05) is 15.1 Å². The second-order valence-electron chi connectivity index (χ2n) is 3.92. The molecule has 0 bridgehead atoms. The monoisotopic (exact) mass is 434 g/mol. The van der Waals surface area contributed by atoms with Gasteiger partial charge in [-0.25, -0.2) is 18.2 Å². The average molecular weight is 436 g/mol. The molecule has 1 heterocycles. The molecule has 1 aromatic carbocycles. The van der Waals surface area contributed by atoms with Gasteiger partial charge in [-0.2, -0.15) is 0 Å². The number of sulfonamides is 1. The first-order valence-electron chi connectivity index (χ1n) is 5.47. The molecule has 9 heteroatoms. The summed E-state index contributed by atoms with van der Waals surface area (Å²) in [5.41, 5.74) is -0.123. The largest absolute Gasteiger partial charge is 0.477 e. The molecule has 0 aliphatic rings. The van der Waals surface area contributed by atoms with Gasteiger partial charge in [0.25, 0.3) is 10.0 Å². The lowest BCUT2D eigenvalue weighted by Crippen LogP contribution is -2.14. The Morgan fingerprint density at radius 3 is 2.52 bits per heavy atom. The summed E-state index contributed by atoms with van der Waals surface area (Å²) in [7, 11) is -3.84.